The molecular weight excluding hydrogens is 258 g/mol. The number of rotatable bonds is 7. The summed E-state index contributed by atoms with van der Waals surface area (Å²) in [6, 6.07) is 7.51. The maximum absolute atomic E-state index is 12.0. The van der Waals surface area contributed by atoms with Crippen molar-refractivity contribution in [2.75, 3.05) is 0 Å². The van der Waals surface area contributed by atoms with E-state index in [1.165, 1.54) is 11.8 Å². The molecule has 2 unspecified atom stereocenters. The number of nitrogens with one attached hydrogen (secondary N) is 1. The van der Waals surface area contributed by atoms with Crippen molar-refractivity contribution in [2.45, 2.75) is 49.8 Å². The van der Waals surface area contributed by atoms with Crippen LogP contribution in [0.4, 0.5) is 0 Å². The number of hydrogen-bond donors (Lipinski definition) is 1. The lowest BCUT2D eigenvalue weighted by atomic mass is 10.2. The summed E-state index contributed by atoms with van der Waals surface area (Å²) in [5, 5.41) is 2.83. The smallest absolute Gasteiger partial charge is 0.233 e. The number of carbonyl (C=O) groups excluding carboxylic acids is 2. The Labute approximate surface area is 119 Å². The van der Waals surface area contributed by atoms with Crippen LogP contribution >= 0.6 is 11.8 Å². The van der Waals surface area contributed by atoms with Crippen molar-refractivity contribution in [2.24, 2.45) is 0 Å². The first-order valence-corrected chi connectivity index (χ1v) is 7.47. The SMILES string of the molecule is CCCC(C)NC(=O)C(C)Sc1cccc(C=O)c1. The van der Waals surface area contributed by atoms with E-state index >= 15 is 0 Å². The second-order valence-electron chi connectivity index (χ2n) is 4.65. The zero-order valence-corrected chi connectivity index (χ0v) is 12.5. The van der Waals surface area contributed by atoms with Crippen LogP contribution < -0.4 is 5.32 Å². The van der Waals surface area contributed by atoms with E-state index in [1.807, 2.05) is 26.0 Å². The number of benzene rings is 1. The lowest BCUT2D eigenvalue weighted by Gasteiger charge is -2.16. The second-order valence-corrected chi connectivity index (χ2v) is 6.06. The topological polar surface area (TPSA) is 46.2 Å². The van der Waals surface area contributed by atoms with Crippen LogP contribution in [0.3, 0.4) is 0 Å². The van der Waals surface area contributed by atoms with Crippen LogP contribution in [0.25, 0.3) is 0 Å². The van der Waals surface area contributed by atoms with Crippen molar-refractivity contribution in [1.82, 2.24) is 5.32 Å². The summed E-state index contributed by atoms with van der Waals surface area (Å²) in [6.07, 6.45) is 2.87. The summed E-state index contributed by atoms with van der Waals surface area (Å²) in [5.74, 6) is 0.0439. The molecule has 0 aromatic heterocycles. The van der Waals surface area contributed by atoms with Crippen LogP contribution in [0.5, 0.6) is 0 Å². The van der Waals surface area contributed by atoms with E-state index in [0.29, 0.717) is 5.56 Å². The highest BCUT2D eigenvalue weighted by Gasteiger charge is 2.16. The Morgan fingerprint density at radius 2 is 2.16 bits per heavy atom. The molecule has 0 aliphatic heterocycles. The Hall–Kier alpha value is -1.29. The summed E-state index contributed by atoms with van der Waals surface area (Å²) < 4.78 is 0. The van der Waals surface area contributed by atoms with E-state index in [-0.39, 0.29) is 17.2 Å². The fourth-order valence-corrected chi connectivity index (χ4v) is 2.73. The van der Waals surface area contributed by atoms with E-state index in [9.17, 15) is 9.59 Å². The first kappa shape index (κ1) is 15.8. The highest BCUT2D eigenvalue weighted by atomic mass is 32.2. The van der Waals surface area contributed by atoms with Crippen LogP contribution in [-0.2, 0) is 4.79 Å². The molecule has 0 aliphatic rings. The highest BCUT2D eigenvalue weighted by Crippen LogP contribution is 2.23. The van der Waals surface area contributed by atoms with Crippen molar-refractivity contribution < 1.29 is 9.59 Å². The second kappa shape index (κ2) is 8.00. The highest BCUT2D eigenvalue weighted by molar-refractivity contribution is 8.00. The van der Waals surface area contributed by atoms with Crippen molar-refractivity contribution in [3.63, 3.8) is 0 Å². The van der Waals surface area contributed by atoms with E-state index in [4.69, 9.17) is 0 Å². The molecule has 3 nitrogen and oxygen atoms in total. The summed E-state index contributed by atoms with van der Waals surface area (Å²) in [5.41, 5.74) is 0.636. The first-order valence-electron chi connectivity index (χ1n) is 6.59. The molecule has 0 aliphatic carbocycles. The Morgan fingerprint density at radius 1 is 1.42 bits per heavy atom. The first-order chi connectivity index (χ1) is 9.06. The number of thioether (sulfide) groups is 1. The summed E-state index contributed by atoms with van der Waals surface area (Å²) in [6.45, 7) is 6.00. The van der Waals surface area contributed by atoms with Crippen LogP contribution in [0, 0.1) is 0 Å². The summed E-state index contributed by atoms with van der Waals surface area (Å²) in [7, 11) is 0. The van der Waals surface area contributed by atoms with Gasteiger partial charge in [0.1, 0.15) is 6.29 Å². The number of hydrogen-bond acceptors (Lipinski definition) is 3. The van der Waals surface area contributed by atoms with Gasteiger partial charge in [0.25, 0.3) is 0 Å². The van der Waals surface area contributed by atoms with Gasteiger partial charge >= 0.3 is 0 Å². The Balaban J connectivity index is 2.55. The minimum absolute atomic E-state index is 0.0439. The van der Waals surface area contributed by atoms with Gasteiger partial charge in [-0.3, -0.25) is 9.59 Å². The van der Waals surface area contributed by atoms with Crippen LogP contribution in [-0.4, -0.2) is 23.5 Å². The molecule has 19 heavy (non-hydrogen) atoms. The van der Waals surface area contributed by atoms with Gasteiger partial charge in [0.15, 0.2) is 0 Å². The maximum Gasteiger partial charge on any atom is 0.233 e. The van der Waals surface area contributed by atoms with Gasteiger partial charge in [-0.1, -0.05) is 25.5 Å². The molecule has 0 spiro atoms. The molecule has 1 rings (SSSR count). The van der Waals surface area contributed by atoms with Crippen LogP contribution in [0.1, 0.15) is 44.0 Å². The van der Waals surface area contributed by atoms with Crippen LogP contribution in [0.2, 0.25) is 0 Å². The lowest BCUT2D eigenvalue weighted by molar-refractivity contribution is -0.120. The molecule has 104 valence electrons. The molecule has 0 saturated heterocycles. The lowest BCUT2D eigenvalue weighted by Crippen LogP contribution is -2.37. The third-order valence-electron chi connectivity index (χ3n) is 2.79. The molecule has 0 radical (unpaired) electrons. The standard InChI is InChI=1S/C15H21NO2S/c1-4-6-11(2)16-15(18)12(3)19-14-8-5-7-13(9-14)10-17/h5,7-12H,4,6H2,1-3H3,(H,16,18). The van der Waals surface area contributed by atoms with Crippen LogP contribution in [0.15, 0.2) is 29.2 Å². The quantitative estimate of drug-likeness (QED) is 0.615. The predicted molar refractivity (Wildman–Crippen MR) is 79.7 cm³/mol. The molecule has 2 atom stereocenters. The fourth-order valence-electron chi connectivity index (χ4n) is 1.78. The predicted octanol–water partition coefficient (Wildman–Crippen LogP) is 3.28. The van der Waals surface area contributed by atoms with E-state index in [1.54, 1.807) is 12.1 Å². The largest absolute Gasteiger partial charge is 0.353 e. The van der Waals surface area contributed by atoms with E-state index in [0.717, 1.165) is 24.0 Å². The summed E-state index contributed by atoms with van der Waals surface area (Å²) >= 11 is 1.47. The molecule has 4 heteroatoms. The number of amides is 1. The normalized spacial score (nSPS) is 13.6. The average molecular weight is 279 g/mol. The van der Waals surface area contributed by atoms with Gasteiger partial charge in [-0.15, -0.1) is 11.8 Å². The van der Waals surface area contributed by atoms with Gasteiger partial charge in [-0.2, -0.15) is 0 Å². The van der Waals surface area contributed by atoms with Crippen molar-refractivity contribution in [3.8, 4) is 0 Å². The van der Waals surface area contributed by atoms with Gasteiger partial charge in [-0.05, 0) is 32.4 Å². The van der Waals surface area contributed by atoms with Gasteiger partial charge < -0.3 is 5.32 Å². The fraction of sp³-hybridized carbons (Fsp3) is 0.467. The zero-order chi connectivity index (χ0) is 14.3. The zero-order valence-electron chi connectivity index (χ0n) is 11.7. The number of aldehydes is 1. The molecular formula is C15H21NO2S. The molecule has 0 bridgehead atoms. The summed E-state index contributed by atoms with van der Waals surface area (Å²) in [4.78, 5) is 23.6. The maximum atomic E-state index is 12.0. The molecule has 1 aromatic carbocycles. The minimum atomic E-state index is -0.166. The van der Waals surface area contributed by atoms with Gasteiger partial charge in [0.2, 0.25) is 5.91 Å². The van der Waals surface area contributed by atoms with E-state index in [2.05, 4.69) is 12.2 Å². The molecule has 1 amide bonds. The minimum Gasteiger partial charge on any atom is -0.353 e. The van der Waals surface area contributed by atoms with Gasteiger partial charge in [0.05, 0.1) is 5.25 Å². The van der Waals surface area contributed by atoms with Gasteiger partial charge in [-0.25, -0.2) is 0 Å². The Bertz CT molecular complexity index is 434. The third kappa shape index (κ3) is 5.47. The molecule has 1 N–H and O–H groups in total. The monoisotopic (exact) mass is 279 g/mol. The average Bonchev–Trinajstić information content (AvgIpc) is 2.39. The molecule has 0 fully saturated rings. The van der Waals surface area contributed by atoms with Gasteiger partial charge in [0, 0.05) is 16.5 Å². The molecule has 0 heterocycles. The Morgan fingerprint density at radius 3 is 2.79 bits per heavy atom. The molecule has 0 saturated carbocycles. The number of carbonyl (C=O) groups is 2. The van der Waals surface area contributed by atoms with Crippen molar-refractivity contribution in [1.29, 1.82) is 0 Å². The van der Waals surface area contributed by atoms with Crippen molar-refractivity contribution >= 4 is 24.0 Å². The van der Waals surface area contributed by atoms with E-state index < -0.39 is 0 Å². The third-order valence-corrected chi connectivity index (χ3v) is 3.88. The molecule has 1 aromatic rings. The van der Waals surface area contributed by atoms with Crippen molar-refractivity contribution in [3.05, 3.63) is 29.8 Å². The Kier molecular flexibility index (Phi) is 6.64.